The van der Waals surface area contributed by atoms with Crippen molar-refractivity contribution in [1.29, 1.82) is 0 Å². The molecule has 14 heteroatoms. The van der Waals surface area contributed by atoms with Gasteiger partial charge in [-0.2, -0.15) is 0 Å². The van der Waals surface area contributed by atoms with E-state index < -0.39 is 74.8 Å². The second-order valence-electron chi connectivity index (χ2n) is 10.4. The lowest BCUT2D eigenvalue weighted by atomic mass is 10.1. The molecule has 1 N–H and O–H groups in total. The van der Waals surface area contributed by atoms with Crippen LogP contribution in [0.25, 0.3) is 0 Å². The fourth-order valence-corrected chi connectivity index (χ4v) is 5.87. The molecule has 0 saturated carbocycles. The van der Waals surface area contributed by atoms with Crippen LogP contribution in [0, 0.1) is 23.3 Å². The van der Waals surface area contributed by atoms with Crippen LogP contribution >= 0.6 is 7.82 Å². The summed E-state index contributed by atoms with van der Waals surface area (Å²) in [4.78, 5) is 13.1. The predicted octanol–water partition coefficient (Wildman–Crippen LogP) is 7.03. The SMILES string of the molecule is O=C1O[C@H]([C@H](CO)OP(=O)(OCc2cccc(F)c2)OCc2cccc(F)c2)C(OCc2cccc(F)c2)=C1OCc1cccc(F)c1. The number of carbonyl (C=O) groups excluding carboxylic acids is 1. The molecule has 252 valence electrons. The maximum absolute atomic E-state index is 14.0. The second kappa shape index (κ2) is 16.1. The molecular formula is C34H29F4O9P. The number of cyclic esters (lactones) is 1. The summed E-state index contributed by atoms with van der Waals surface area (Å²) in [5.41, 5.74) is 1.23. The number of rotatable bonds is 16. The standard InChI is InChI=1S/C34H29F4O9P/c35-26-9-1-5-22(13-26)18-42-32-31(46-34(40)33(32)43-19-23-6-2-10-27(36)14-23)30(17-39)47-48(41,44-20-24-7-3-11-28(37)15-24)45-21-25-8-4-12-29(38)16-25/h1-16,30-31,39H,17-21H2/t30-,31+/m0/s1. The minimum Gasteiger partial charge on any atom is -0.485 e. The Balaban J connectivity index is 1.42. The van der Waals surface area contributed by atoms with Crippen LogP contribution in [0.2, 0.25) is 0 Å². The molecule has 2 atom stereocenters. The van der Waals surface area contributed by atoms with Crippen molar-refractivity contribution in [2.75, 3.05) is 6.61 Å². The van der Waals surface area contributed by atoms with E-state index in [0.29, 0.717) is 11.1 Å². The van der Waals surface area contributed by atoms with Crippen molar-refractivity contribution in [3.05, 3.63) is 154 Å². The lowest BCUT2D eigenvalue weighted by Gasteiger charge is -2.27. The van der Waals surface area contributed by atoms with Crippen LogP contribution < -0.4 is 0 Å². The molecule has 0 aliphatic carbocycles. The molecule has 5 rings (SSSR count). The van der Waals surface area contributed by atoms with Crippen LogP contribution in [0.3, 0.4) is 0 Å². The van der Waals surface area contributed by atoms with E-state index in [9.17, 15) is 32.0 Å². The average Bonchev–Trinajstić information content (AvgIpc) is 3.38. The Morgan fingerprint density at radius 3 is 1.50 bits per heavy atom. The largest absolute Gasteiger partial charge is 0.485 e. The van der Waals surface area contributed by atoms with Crippen molar-refractivity contribution in [1.82, 2.24) is 0 Å². The third kappa shape index (κ3) is 9.52. The molecule has 0 fully saturated rings. The molecule has 0 radical (unpaired) electrons. The third-order valence-electron chi connectivity index (χ3n) is 6.80. The van der Waals surface area contributed by atoms with Crippen LogP contribution in [0.15, 0.2) is 109 Å². The average molecular weight is 689 g/mol. The fraction of sp³-hybridized carbons (Fsp3) is 0.206. The van der Waals surface area contributed by atoms with Gasteiger partial charge in [-0.15, -0.1) is 0 Å². The quantitative estimate of drug-likeness (QED) is 0.0754. The lowest BCUT2D eigenvalue weighted by molar-refractivity contribution is -0.148. The van der Waals surface area contributed by atoms with Crippen molar-refractivity contribution >= 4 is 13.8 Å². The maximum Gasteiger partial charge on any atom is 0.475 e. The van der Waals surface area contributed by atoms with Gasteiger partial charge in [-0.25, -0.2) is 26.9 Å². The molecule has 48 heavy (non-hydrogen) atoms. The lowest BCUT2D eigenvalue weighted by Crippen LogP contribution is -2.35. The van der Waals surface area contributed by atoms with Crippen LogP contribution in [0.4, 0.5) is 17.6 Å². The molecule has 4 aromatic rings. The van der Waals surface area contributed by atoms with Crippen LogP contribution in [0.5, 0.6) is 0 Å². The van der Waals surface area contributed by atoms with E-state index in [0.717, 1.165) is 12.1 Å². The van der Waals surface area contributed by atoms with Gasteiger partial charge in [-0.1, -0.05) is 48.5 Å². The first-order chi connectivity index (χ1) is 23.1. The highest BCUT2D eigenvalue weighted by Gasteiger charge is 2.46. The van der Waals surface area contributed by atoms with Crippen molar-refractivity contribution in [2.45, 2.75) is 38.6 Å². The molecule has 0 saturated heterocycles. The number of hydrogen-bond donors (Lipinski definition) is 1. The van der Waals surface area contributed by atoms with Crippen molar-refractivity contribution < 1.29 is 59.8 Å². The minimum absolute atomic E-state index is 0.257. The van der Waals surface area contributed by atoms with Gasteiger partial charge >= 0.3 is 13.8 Å². The van der Waals surface area contributed by atoms with Gasteiger partial charge < -0.3 is 19.3 Å². The first-order valence-corrected chi connectivity index (χ1v) is 15.9. The summed E-state index contributed by atoms with van der Waals surface area (Å²) in [6.45, 7) is -2.46. The number of phosphoric acid groups is 1. The van der Waals surface area contributed by atoms with Crippen molar-refractivity contribution in [3.63, 3.8) is 0 Å². The van der Waals surface area contributed by atoms with E-state index in [4.69, 9.17) is 27.8 Å². The fourth-order valence-electron chi connectivity index (χ4n) is 4.55. The maximum atomic E-state index is 14.0. The van der Waals surface area contributed by atoms with E-state index >= 15 is 0 Å². The van der Waals surface area contributed by atoms with Gasteiger partial charge in [-0.3, -0.25) is 13.6 Å². The minimum atomic E-state index is -4.73. The van der Waals surface area contributed by atoms with Gasteiger partial charge in [-0.05, 0) is 70.8 Å². The Morgan fingerprint density at radius 2 is 1.08 bits per heavy atom. The highest BCUT2D eigenvalue weighted by atomic mass is 31.2. The van der Waals surface area contributed by atoms with Crippen LogP contribution in [-0.4, -0.2) is 29.9 Å². The molecule has 4 aromatic carbocycles. The molecular weight excluding hydrogens is 659 g/mol. The molecule has 0 bridgehead atoms. The normalized spacial score (nSPS) is 15.4. The van der Waals surface area contributed by atoms with Crippen LogP contribution in [0.1, 0.15) is 22.3 Å². The smallest absolute Gasteiger partial charge is 0.475 e. The highest BCUT2D eigenvalue weighted by Crippen LogP contribution is 2.53. The number of carbonyl (C=O) groups is 1. The van der Waals surface area contributed by atoms with Crippen molar-refractivity contribution in [2.24, 2.45) is 0 Å². The zero-order valence-corrected chi connectivity index (χ0v) is 26.0. The number of aliphatic hydroxyl groups excluding tert-OH is 1. The Labute approximate surface area is 272 Å². The molecule has 0 aromatic heterocycles. The van der Waals surface area contributed by atoms with Gasteiger partial charge in [0.25, 0.3) is 0 Å². The van der Waals surface area contributed by atoms with Crippen molar-refractivity contribution in [3.8, 4) is 0 Å². The van der Waals surface area contributed by atoms with Gasteiger partial charge in [0.05, 0.1) is 19.8 Å². The van der Waals surface area contributed by atoms with Gasteiger partial charge in [0.15, 0.2) is 11.9 Å². The first-order valence-electron chi connectivity index (χ1n) is 14.5. The zero-order valence-electron chi connectivity index (χ0n) is 25.1. The van der Waals surface area contributed by atoms with E-state index in [1.165, 1.54) is 72.8 Å². The molecule has 9 nitrogen and oxygen atoms in total. The predicted molar refractivity (Wildman–Crippen MR) is 161 cm³/mol. The van der Waals surface area contributed by atoms with E-state index in [1.54, 1.807) is 12.1 Å². The summed E-state index contributed by atoms with van der Waals surface area (Å²) < 4.78 is 103. The monoisotopic (exact) mass is 688 g/mol. The molecule has 1 heterocycles. The summed E-state index contributed by atoms with van der Waals surface area (Å²) in [5.74, 6) is -4.08. The second-order valence-corrected chi connectivity index (χ2v) is 12.1. The summed E-state index contributed by atoms with van der Waals surface area (Å²) in [6, 6.07) is 21.3. The first kappa shape index (κ1) is 34.8. The van der Waals surface area contributed by atoms with E-state index in [-0.39, 0.29) is 30.1 Å². The molecule has 0 unspecified atom stereocenters. The Hall–Kier alpha value is -4.52. The van der Waals surface area contributed by atoms with Gasteiger partial charge in [0, 0.05) is 0 Å². The Bertz CT molecular complexity index is 1770. The van der Waals surface area contributed by atoms with E-state index in [1.807, 2.05) is 0 Å². The van der Waals surface area contributed by atoms with Gasteiger partial charge in [0.2, 0.25) is 5.76 Å². The third-order valence-corrected chi connectivity index (χ3v) is 8.22. The molecule has 1 aliphatic rings. The summed E-state index contributed by atoms with van der Waals surface area (Å²) in [7, 11) is -4.73. The molecule has 0 spiro atoms. The number of esters is 1. The summed E-state index contributed by atoms with van der Waals surface area (Å²) >= 11 is 0. The Kier molecular flexibility index (Phi) is 11.6. The number of benzene rings is 4. The van der Waals surface area contributed by atoms with Crippen LogP contribution in [-0.2, 0) is 63.6 Å². The number of phosphoric ester groups is 1. The summed E-state index contributed by atoms with van der Waals surface area (Å²) in [5, 5.41) is 10.4. The highest BCUT2D eigenvalue weighted by molar-refractivity contribution is 7.48. The zero-order chi connectivity index (χ0) is 34.1. The number of hydrogen-bond acceptors (Lipinski definition) is 9. The molecule has 0 amide bonds. The number of ether oxygens (including phenoxy) is 3. The number of aliphatic hydroxyl groups is 1. The van der Waals surface area contributed by atoms with E-state index in [2.05, 4.69) is 0 Å². The molecule has 1 aliphatic heterocycles. The van der Waals surface area contributed by atoms with Gasteiger partial charge in [0.1, 0.15) is 42.6 Å². The Morgan fingerprint density at radius 1 is 0.667 bits per heavy atom. The summed E-state index contributed by atoms with van der Waals surface area (Å²) in [6.07, 6.45) is -3.26. The number of halogens is 4. The topological polar surface area (TPSA) is 110 Å².